The largest absolute Gasteiger partial charge is 0.389 e. The average molecular weight is 198 g/mol. The Balaban J connectivity index is 3.21. The van der Waals surface area contributed by atoms with E-state index in [-0.39, 0.29) is 22.5 Å². The van der Waals surface area contributed by atoms with E-state index in [4.69, 9.17) is 0 Å². The van der Waals surface area contributed by atoms with Crippen molar-refractivity contribution in [3.63, 3.8) is 0 Å². The summed E-state index contributed by atoms with van der Waals surface area (Å²) in [5.41, 5.74) is -0.978. The van der Waals surface area contributed by atoms with E-state index in [9.17, 15) is 9.90 Å². The SMILES string of the molecule is CC(=O)[C@@H]1C(C)(C)C(C)(C)C[C@]1(C)O. The lowest BCUT2D eigenvalue weighted by Crippen LogP contribution is -2.41. The summed E-state index contributed by atoms with van der Waals surface area (Å²) in [4.78, 5) is 11.6. The van der Waals surface area contributed by atoms with Gasteiger partial charge in [-0.3, -0.25) is 4.79 Å². The third kappa shape index (κ3) is 1.40. The van der Waals surface area contributed by atoms with E-state index in [1.165, 1.54) is 0 Å². The van der Waals surface area contributed by atoms with Gasteiger partial charge in [0.25, 0.3) is 0 Å². The molecule has 0 unspecified atom stereocenters. The molecule has 0 aliphatic heterocycles. The number of hydrogen-bond donors (Lipinski definition) is 1. The van der Waals surface area contributed by atoms with E-state index in [1.54, 1.807) is 13.8 Å². The van der Waals surface area contributed by atoms with Gasteiger partial charge in [0, 0.05) is 0 Å². The zero-order chi connectivity index (χ0) is 11.4. The quantitative estimate of drug-likeness (QED) is 0.702. The minimum Gasteiger partial charge on any atom is -0.389 e. The molecule has 82 valence electrons. The van der Waals surface area contributed by atoms with Crippen LogP contribution in [0.25, 0.3) is 0 Å². The Hall–Kier alpha value is -0.370. The van der Waals surface area contributed by atoms with E-state index in [0.717, 1.165) is 0 Å². The first-order valence-corrected chi connectivity index (χ1v) is 5.25. The van der Waals surface area contributed by atoms with Crippen molar-refractivity contribution in [2.24, 2.45) is 16.7 Å². The maximum atomic E-state index is 11.6. The highest BCUT2D eigenvalue weighted by atomic mass is 16.3. The minimum atomic E-state index is -0.848. The van der Waals surface area contributed by atoms with Gasteiger partial charge in [-0.15, -0.1) is 0 Å². The predicted octanol–water partition coefficient (Wildman–Crippen LogP) is 2.40. The summed E-state index contributed by atoms with van der Waals surface area (Å²) in [6, 6.07) is 0. The lowest BCUT2D eigenvalue weighted by molar-refractivity contribution is -0.132. The molecule has 2 heteroatoms. The summed E-state index contributed by atoms with van der Waals surface area (Å²) in [5, 5.41) is 10.3. The third-order valence-corrected chi connectivity index (χ3v) is 4.29. The zero-order valence-corrected chi connectivity index (χ0v) is 10.1. The molecule has 1 aliphatic rings. The predicted molar refractivity (Wildman–Crippen MR) is 57.0 cm³/mol. The molecule has 14 heavy (non-hydrogen) atoms. The molecule has 0 amide bonds. The second-order valence-corrected chi connectivity index (χ2v) is 6.18. The monoisotopic (exact) mass is 198 g/mol. The Kier molecular flexibility index (Phi) is 2.35. The molecule has 2 nitrogen and oxygen atoms in total. The number of ketones is 1. The maximum Gasteiger partial charge on any atom is 0.136 e. The molecule has 2 atom stereocenters. The van der Waals surface area contributed by atoms with E-state index in [2.05, 4.69) is 27.7 Å². The molecule has 1 fully saturated rings. The number of hydrogen-bond acceptors (Lipinski definition) is 2. The number of Topliss-reactive ketones (excluding diaryl/α,β-unsaturated/α-hetero) is 1. The second-order valence-electron chi connectivity index (χ2n) is 6.18. The van der Waals surface area contributed by atoms with Crippen LogP contribution in [0.4, 0.5) is 0 Å². The van der Waals surface area contributed by atoms with Gasteiger partial charge >= 0.3 is 0 Å². The van der Waals surface area contributed by atoms with Crippen LogP contribution >= 0.6 is 0 Å². The fourth-order valence-electron chi connectivity index (χ4n) is 3.34. The van der Waals surface area contributed by atoms with Gasteiger partial charge in [0.1, 0.15) is 5.78 Å². The highest BCUT2D eigenvalue weighted by Crippen LogP contribution is 2.59. The molecule has 0 saturated heterocycles. The summed E-state index contributed by atoms with van der Waals surface area (Å²) < 4.78 is 0. The molecule has 1 N–H and O–H groups in total. The van der Waals surface area contributed by atoms with Gasteiger partial charge in [0.05, 0.1) is 11.5 Å². The normalized spacial score (nSPS) is 39.8. The molecule has 0 aromatic rings. The summed E-state index contributed by atoms with van der Waals surface area (Å²) in [6.07, 6.45) is 0.692. The molecule has 0 aromatic heterocycles. The first-order valence-electron chi connectivity index (χ1n) is 5.25. The molecule has 0 heterocycles. The summed E-state index contributed by atoms with van der Waals surface area (Å²) in [7, 11) is 0. The molecule has 1 rings (SSSR count). The first-order chi connectivity index (χ1) is 6.02. The highest BCUT2D eigenvalue weighted by molar-refractivity contribution is 5.81. The zero-order valence-electron chi connectivity index (χ0n) is 10.1. The number of carbonyl (C=O) groups excluding carboxylic acids is 1. The van der Waals surface area contributed by atoms with Crippen molar-refractivity contribution in [2.45, 2.75) is 53.6 Å². The Morgan fingerprint density at radius 2 is 1.64 bits per heavy atom. The minimum absolute atomic E-state index is 0.00678. The Morgan fingerprint density at radius 3 is 1.79 bits per heavy atom. The van der Waals surface area contributed by atoms with Crippen LogP contribution in [0.2, 0.25) is 0 Å². The summed E-state index contributed by atoms with van der Waals surface area (Å²) in [5.74, 6) is -0.143. The van der Waals surface area contributed by atoms with E-state index in [0.29, 0.717) is 6.42 Å². The second kappa shape index (κ2) is 2.82. The van der Waals surface area contributed by atoms with Crippen LogP contribution in [0.1, 0.15) is 48.0 Å². The van der Waals surface area contributed by atoms with E-state index < -0.39 is 5.60 Å². The third-order valence-electron chi connectivity index (χ3n) is 4.29. The van der Waals surface area contributed by atoms with Crippen molar-refractivity contribution in [2.75, 3.05) is 0 Å². The van der Waals surface area contributed by atoms with Crippen LogP contribution in [-0.4, -0.2) is 16.5 Å². The average Bonchev–Trinajstić information content (AvgIpc) is 1.90. The van der Waals surface area contributed by atoms with E-state index in [1.807, 2.05) is 0 Å². The molecule has 0 spiro atoms. The number of aliphatic hydroxyl groups is 1. The number of carbonyl (C=O) groups is 1. The fraction of sp³-hybridized carbons (Fsp3) is 0.917. The number of rotatable bonds is 1. The van der Waals surface area contributed by atoms with Gasteiger partial charge in [0.2, 0.25) is 0 Å². The highest BCUT2D eigenvalue weighted by Gasteiger charge is 2.60. The molecule has 0 radical (unpaired) electrons. The van der Waals surface area contributed by atoms with Crippen LogP contribution in [-0.2, 0) is 4.79 Å². The Morgan fingerprint density at radius 1 is 1.21 bits per heavy atom. The topological polar surface area (TPSA) is 37.3 Å². The summed E-state index contributed by atoms with van der Waals surface area (Å²) in [6.45, 7) is 11.8. The van der Waals surface area contributed by atoms with Crippen LogP contribution < -0.4 is 0 Å². The summed E-state index contributed by atoms with van der Waals surface area (Å²) >= 11 is 0. The van der Waals surface area contributed by atoms with Crippen molar-refractivity contribution in [3.05, 3.63) is 0 Å². The van der Waals surface area contributed by atoms with Crippen molar-refractivity contribution in [1.82, 2.24) is 0 Å². The van der Waals surface area contributed by atoms with Gasteiger partial charge in [-0.1, -0.05) is 27.7 Å². The van der Waals surface area contributed by atoms with Crippen LogP contribution in [0.5, 0.6) is 0 Å². The molecule has 1 saturated carbocycles. The van der Waals surface area contributed by atoms with Gasteiger partial charge < -0.3 is 5.11 Å². The first kappa shape index (κ1) is 11.7. The van der Waals surface area contributed by atoms with Gasteiger partial charge in [0.15, 0.2) is 0 Å². The Bertz CT molecular complexity index is 261. The Labute approximate surface area is 86.7 Å². The van der Waals surface area contributed by atoms with Crippen LogP contribution in [0.3, 0.4) is 0 Å². The lowest BCUT2D eigenvalue weighted by atomic mass is 9.65. The molecular weight excluding hydrogens is 176 g/mol. The van der Waals surface area contributed by atoms with Crippen molar-refractivity contribution in [1.29, 1.82) is 0 Å². The smallest absolute Gasteiger partial charge is 0.136 e. The van der Waals surface area contributed by atoms with Gasteiger partial charge in [-0.05, 0) is 31.1 Å². The molecular formula is C12H22O2. The fourth-order valence-corrected chi connectivity index (χ4v) is 3.34. The molecule has 1 aliphatic carbocycles. The molecule has 0 aromatic carbocycles. The van der Waals surface area contributed by atoms with Crippen LogP contribution in [0, 0.1) is 16.7 Å². The standard InChI is InChI=1S/C12H22O2/c1-8(13)9-11(4,5)10(2,3)7-12(9,6)14/h9,14H,7H2,1-6H3/t9-,12+/m1/s1. The van der Waals surface area contributed by atoms with Gasteiger partial charge in [-0.25, -0.2) is 0 Å². The van der Waals surface area contributed by atoms with Crippen molar-refractivity contribution < 1.29 is 9.90 Å². The van der Waals surface area contributed by atoms with Crippen molar-refractivity contribution in [3.8, 4) is 0 Å². The van der Waals surface area contributed by atoms with Crippen molar-refractivity contribution >= 4 is 5.78 Å². The van der Waals surface area contributed by atoms with Crippen LogP contribution in [0.15, 0.2) is 0 Å². The lowest BCUT2D eigenvalue weighted by Gasteiger charge is -2.38. The maximum absolute atomic E-state index is 11.6. The molecule has 0 bridgehead atoms. The van der Waals surface area contributed by atoms with Gasteiger partial charge in [-0.2, -0.15) is 0 Å². The van der Waals surface area contributed by atoms with E-state index >= 15 is 0 Å².